The monoisotopic (exact) mass is 347 g/mol. The Hall–Kier alpha value is -2.18. The quantitative estimate of drug-likeness (QED) is 0.753. The minimum Gasteiger partial charge on any atom is -0.354 e. The van der Waals surface area contributed by atoms with E-state index >= 15 is 0 Å². The van der Waals surface area contributed by atoms with Crippen molar-refractivity contribution < 1.29 is 4.79 Å². The summed E-state index contributed by atoms with van der Waals surface area (Å²) in [5, 5.41) is 6.61. The van der Waals surface area contributed by atoms with Crippen LogP contribution in [0, 0.1) is 6.92 Å². The molecule has 0 aliphatic heterocycles. The molecule has 1 aromatic carbocycles. The van der Waals surface area contributed by atoms with Gasteiger partial charge < -0.3 is 15.5 Å². The Labute approximate surface area is 147 Å². The molecule has 0 saturated carbocycles. The van der Waals surface area contributed by atoms with Gasteiger partial charge in [0.25, 0.3) is 5.91 Å². The molecule has 0 atom stereocenters. The normalized spacial score (nSPS) is 10.7. The minimum atomic E-state index is -0.250. The summed E-state index contributed by atoms with van der Waals surface area (Å²) in [5.41, 5.74) is 2.02. The molecule has 6 nitrogen and oxygen atoms in total. The van der Waals surface area contributed by atoms with E-state index in [0.29, 0.717) is 16.5 Å². The second-order valence-corrected chi connectivity index (χ2v) is 6.23. The number of carbonyl (C=O) groups excluding carboxylic acids is 1. The third-order valence-electron chi connectivity index (χ3n) is 3.42. The van der Waals surface area contributed by atoms with E-state index in [1.165, 1.54) is 12.4 Å². The molecule has 0 fully saturated rings. The average molecular weight is 348 g/mol. The number of aromatic nitrogens is 2. The molecule has 7 heteroatoms. The molecule has 1 amide bonds. The van der Waals surface area contributed by atoms with Gasteiger partial charge in [-0.1, -0.05) is 11.6 Å². The Kier molecular flexibility index (Phi) is 6.52. The number of rotatable bonds is 7. The lowest BCUT2D eigenvalue weighted by Crippen LogP contribution is -2.17. The van der Waals surface area contributed by atoms with E-state index in [0.717, 1.165) is 30.8 Å². The number of hydrogen-bond donors (Lipinski definition) is 2. The SMILES string of the molecule is Cc1cc(Cl)ccc1NC(=O)c1cnc(NCCCN(C)C)nc1. The topological polar surface area (TPSA) is 70.2 Å². The van der Waals surface area contributed by atoms with Crippen LogP contribution in [0.15, 0.2) is 30.6 Å². The summed E-state index contributed by atoms with van der Waals surface area (Å²) in [4.78, 5) is 22.7. The summed E-state index contributed by atoms with van der Waals surface area (Å²) < 4.78 is 0. The van der Waals surface area contributed by atoms with Crippen molar-refractivity contribution >= 4 is 29.1 Å². The highest BCUT2D eigenvalue weighted by molar-refractivity contribution is 6.30. The summed E-state index contributed by atoms with van der Waals surface area (Å²) in [5.74, 6) is 0.271. The Morgan fingerprint density at radius 1 is 1.25 bits per heavy atom. The lowest BCUT2D eigenvalue weighted by molar-refractivity contribution is 0.102. The van der Waals surface area contributed by atoms with Gasteiger partial charge in [0.05, 0.1) is 5.56 Å². The van der Waals surface area contributed by atoms with Crippen molar-refractivity contribution in [3.63, 3.8) is 0 Å². The number of aryl methyl sites for hydroxylation is 1. The Morgan fingerprint density at radius 3 is 2.58 bits per heavy atom. The van der Waals surface area contributed by atoms with E-state index in [1.807, 2.05) is 21.0 Å². The maximum Gasteiger partial charge on any atom is 0.258 e. The molecular weight excluding hydrogens is 326 g/mol. The van der Waals surface area contributed by atoms with Crippen LogP contribution >= 0.6 is 11.6 Å². The van der Waals surface area contributed by atoms with Gasteiger partial charge >= 0.3 is 0 Å². The first kappa shape index (κ1) is 18.2. The van der Waals surface area contributed by atoms with Crippen LogP contribution in [0.3, 0.4) is 0 Å². The van der Waals surface area contributed by atoms with E-state index < -0.39 is 0 Å². The fourth-order valence-corrected chi connectivity index (χ4v) is 2.32. The third kappa shape index (κ3) is 5.47. The molecule has 24 heavy (non-hydrogen) atoms. The molecule has 128 valence electrons. The molecule has 2 N–H and O–H groups in total. The van der Waals surface area contributed by atoms with Gasteiger partial charge in [0.15, 0.2) is 0 Å². The molecule has 0 unspecified atom stereocenters. The highest BCUT2D eigenvalue weighted by Gasteiger charge is 2.09. The van der Waals surface area contributed by atoms with Crippen LogP contribution in [0.4, 0.5) is 11.6 Å². The number of hydrogen-bond acceptors (Lipinski definition) is 5. The molecule has 1 heterocycles. The molecule has 1 aromatic heterocycles. The van der Waals surface area contributed by atoms with Gasteiger partial charge in [-0.3, -0.25) is 4.79 Å². The number of carbonyl (C=O) groups is 1. The van der Waals surface area contributed by atoms with Crippen molar-refractivity contribution in [1.29, 1.82) is 0 Å². The zero-order valence-corrected chi connectivity index (χ0v) is 14.9. The zero-order valence-electron chi connectivity index (χ0n) is 14.1. The van der Waals surface area contributed by atoms with Crippen molar-refractivity contribution in [3.8, 4) is 0 Å². The van der Waals surface area contributed by atoms with Gasteiger partial charge in [0.2, 0.25) is 5.95 Å². The molecular formula is C17H22ClN5O. The lowest BCUT2D eigenvalue weighted by Gasteiger charge is -2.10. The van der Waals surface area contributed by atoms with Gasteiger partial charge in [0, 0.05) is 29.6 Å². The number of amides is 1. The number of halogens is 1. The molecule has 0 radical (unpaired) electrons. The first-order chi connectivity index (χ1) is 11.5. The molecule has 0 saturated heterocycles. The molecule has 2 rings (SSSR count). The first-order valence-electron chi connectivity index (χ1n) is 7.74. The smallest absolute Gasteiger partial charge is 0.258 e. The van der Waals surface area contributed by atoms with Crippen molar-refractivity contribution in [2.75, 3.05) is 37.8 Å². The molecule has 0 aliphatic rings. The molecule has 2 aromatic rings. The van der Waals surface area contributed by atoms with Crippen LogP contribution in [0.25, 0.3) is 0 Å². The Bertz CT molecular complexity index is 688. The lowest BCUT2D eigenvalue weighted by atomic mass is 10.2. The molecule has 0 aliphatic carbocycles. The predicted molar refractivity (Wildman–Crippen MR) is 97.8 cm³/mol. The molecule has 0 bridgehead atoms. The van der Waals surface area contributed by atoms with Crippen molar-refractivity contribution in [1.82, 2.24) is 14.9 Å². The maximum atomic E-state index is 12.2. The fourth-order valence-electron chi connectivity index (χ4n) is 2.09. The van der Waals surface area contributed by atoms with E-state index in [4.69, 9.17) is 11.6 Å². The van der Waals surface area contributed by atoms with Crippen LogP contribution in [0.5, 0.6) is 0 Å². The van der Waals surface area contributed by atoms with Crippen molar-refractivity contribution in [3.05, 3.63) is 46.7 Å². The maximum absolute atomic E-state index is 12.2. The zero-order chi connectivity index (χ0) is 17.5. The number of nitrogens with zero attached hydrogens (tertiary/aromatic N) is 3. The standard InChI is InChI=1S/C17H22ClN5O/c1-12-9-14(18)5-6-15(12)22-16(24)13-10-20-17(21-11-13)19-7-4-8-23(2)3/h5-6,9-11H,4,7-8H2,1-3H3,(H,22,24)(H,19,20,21). The Balaban J connectivity index is 1.91. The fraction of sp³-hybridized carbons (Fsp3) is 0.353. The summed E-state index contributed by atoms with van der Waals surface area (Å²) in [6, 6.07) is 5.31. The molecule has 0 spiro atoms. The van der Waals surface area contributed by atoms with Crippen molar-refractivity contribution in [2.24, 2.45) is 0 Å². The van der Waals surface area contributed by atoms with Crippen LogP contribution in [0.1, 0.15) is 22.3 Å². The summed E-state index contributed by atoms with van der Waals surface area (Å²) >= 11 is 5.91. The third-order valence-corrected chi connectivity index (χ3v) is 3.65. The number of anilines is 2. The second-order valence-electron chi connectivity index (χ2n) is 5.79. The van der Waals surface area contributed by atoms with Gasteiger partial charge in [-0.2, -0.15) is 0 Å². The predicted octanol–water partition coefficient (Wildman–Crippen LogP) is 3.05. The van der Waals surface area contributed by atoms with Crippen LogP contribution < -0.4 is 10.6 Å². The number of nitrogens with one attached hydrogen (secondary N) is 2. The highest BCUT2D eigenvalue weighted by atomic mass is 35.5. The highest BCUT2D eigenvalue weighted by Crippen LogP contribution is 2.20. The van der Waals surface area contributed by atoms with E-state index in [1.54, 1.807) is 18.2 Å². The van der Waals surface area contributed by atoms with Crippen molar-refractivity contribution in [2.45, 2.75) is 13.3 Å². The number of benzene rings is 1. The summed E-state index contributed by atoms with van der Waals surface area (Å²) in [6.45, 7) is 3.67. The van der Waals surface area contributed by atoms with Gasteiger partial charge in [-0.05, 0) is 57.7 Å². The van der Waals surface area contributed by atoms with E-state index in [-0.39, 0.29) is 5.91 Å². The van der Waals surface area contributed by atoms with Crippen LogP contribution in [-0.2, 0) is 0 Å². The average Bonchev–Trinajstić information content (AvgIpc) is 2.54. The van der Waals surface area contributed by atoms with E-state index in [2.05, 4.69) is 25.5 Å². The summed E-state index contributed by atoms with van der Waals surface area (Å²) in [6.07, 6.45) is 4.03. The second kappa shape index (κ2) is 8.61. The van der Waals surface area contributed by atoms with E-state index in [9.17, 15) is 4.79 Å². The van der Waals surface area contributed by atoms with Gasteiger partial charge in [-0.15, -0.1) is 0 Å². The van der Waals surface area contributed by atoms with Gasteiger partial charge in [-0.25, -0.2) is 9.97 Å². The summed E-state index contributed by atoms with van der Waals surface area (Å²) in [7, 11) is 4.07. The first-order valence-corrected chi connectivity index (χ1v) is 8.11. The minimum absolute atomic E-state index is 0.250. The van der Waals surface area contributed by atoms with Gasteiger partial charge in [0.1, 0.15) is 0 Å². The largest absolute Gasteiger partial charge is 0.354 e. The van der Waals surface area contributed by atoms with Crippen LogP contribution in [0.2, 0.25) is 5.02 Å². The Morgan fingerprint density at radius 2 is 1.96 bits per heavy atom. The van der Waals surface area contributed by atoms with Crippen LogP contribution in [-0.4, -0.2) is 48.0 Å².